The third-order valence-electron chi connectivity index (χ3n) is 4.84. The van der Waals surface area contributed by atoms with Gasteiger partial charge in [0.15, 0.2) is 0 Å². The van der Waals surface area contributed by atoms with Crippen LogP contribution in [0.25, 0.3) is 11.0 Å². The van der Waals surface area contributed by atoms with Crippen LogP contribution in [0.15, 0.2) is 48.8 Å². The summed E-state index contributed by atoms with van der Waals surface area (Å²) >= 11 is 0. The van der Waals surface area contributed by atoms with Gasteiger partial charge in [-0.1, -0.05) is 12.1 Å². The number of hydrogen-bond acceptors (Lipinski definition) is 6. The molecule has 1 fully saturated rings. The highest BCUT2D eigenvalue weighted by atomic mass is 16.5. The molecule has 0 atom stereocenters. The van der Waals surface area contributed by atoms with Gasteiger partial charge in [-0.3, -0.25) is 9.78 Å². The van der Waals surface area contributed by atoms with Crippen molar-refractivity contribution in [3.8, 4) is 11.9 Å². The van der Waals surface area contributed by atoms with Crippen LogP contribution in [0.4, 0.5) is 0 Å². The Labute approximate surface area is 162 Å². The number of nitrogens with one attached hydrogen (secondary N) is 1. The van der Waals surface area contributed by atoms with Crippen LogP contribution in [0.2, 0.25) is 0 Å². The van der Waals surface area contributed by atoms with Gasteiger partial charge in [-0.25, -0.2) is 9.97 Å². The zero-order valence-electron chi connectivity index (χ0n) is 15.2. The molecule has 0 aliphatic heterocycles. The highest BCUT2D eigenvalue weighted by molar-refractivity contribution is 5.93. The molecule has 1 amide bonds. The molecule has 140 valence electrons. The van der Waals surface area contributed by atoms with Crippen LogP contribution in [0, 0.1) is 11.3 Å². The van der Waals surface area contributed by atoms with E-state index in [1.54, 1.807) is 12.1 Å². The van der Waals surface area contributed by atoms with Gasteiger partial charge < -0.3 is 10.1 Å². The maximum absolute atomic E-state index is 12.5. The minimum atomic E-state index is -0.198. The van der Waals surface area contributed by atoms with Gasteiger partial charge in [0.05, 0.1) is 22.8 Å². The van der Waals surface area contributed by atoms with Gasteiger partial charge in [-0.15, -0.1) is 0 Å². The molecule has 0 unspecified atom stereocenters. The topological polar surface area (TPSA) is 101 Å². The van der Waals surface area contributed by atoms with E-state index in [-0.39, 0.29) is 18.1 Å². The maximum atomic E-state index is 12.5. The summed E-state index contributed by atoms with van der Waals surface area (Å²) in [7, 11) is 0. The summed E-state index contributed by atoms with van der Waals surface area (Å²) in [5, 5.41) is 11.9. The Morgan fingerprint density at radius 1 is 1.04 bits per heavy atom. The molecule has 2 heterocycles. The largest absolute Gasteiger partial charge is 0.474 e. The van der Waals surface area contributed by atoms with E-state index in [0.29, 0.717) is 22.7 Å². The van der Waals surface area contributed by atoms with E-state index in [9.17, 15) is 4.79 Å². The van der Waals surface area contributed by atoms with Gasteiger partial charge in [-0.2, -0.15) is 5.26 Å². The Morgan fingerprint density at radius 3 is 2.54 bits per heavy atom. The molecule has 0 bridgehead atoms. The van der Waals surface area contributed by atoms with Crippen LogP contribution >= 0.6 is 0 Å². The first-order valence-corrected chi connectivity index (χ1v) is 9.27. The van der Waals surface area contributed by atoms with Crippen LogP contribution in [0.5, 0.6) is 5.88 Å². The monoisotopic (exact) mass is 373 g/mol. The first kappa shape index (κ1) is 17.9. The van der Waals surface area contributed by atoms with Crippen molar-refractivity contribution in [1.82, 2.24) is 20.3 Å². The average Bonchev–Trinajstić information content (AvgIpc) is 2.75. The lowest BCUT2D eigenvalue weighted by Gasteiger charge is -2.29. The van der Waals surface area contributed by atoms with E-state index >= 15 is 0 Å². The van der Waals surface area contributed by atoms with E-state index in [1.807, 2.05) is 30.3 Å². The fourth-order valence-corrected chi connectivity index (χ4v) is 3.34. The average molecular weight is 373 g/mol. The van der Waals surface area contributed by atoms with Crippen LogP contribution in [0.1, 0.15) is 41.7 Å². The molecule has 28 heavy (non-hydrogen) atoms. The van der Waals surface area contributed by atoms with Crippen molar-refractivity contribution < 1.29 is 9.53 Å². The van der Waals surface area contributed by atoms with Crippen LogP contribution in [0.3, 0.4) is 0 Å². The van der Waals surface area contributed by atoms with Gasteiger partial charge in [0.25, 0.3) is 5.91 Å². The number of para-hydroxylation sites is 2. The van der Waals surface area contributed by atoms with Gasteiger partial charge in [0, 0.05) is 18.3 Å². The molecule has 1 N–H and O–H groups in total. The molecule has 1 aromatic carbocycles. The number of aromatic nitrogens is 3. The molecular formula is C21H19N5O2. The predicted octanol–water partition coefficient (Wildman–Crippen LogP) is 3.02. The number of pyridine rings is 1. The molecule has 0 spiro atoms. The molecule has 7 nitrogen and oxygen atoms in total. The SMILES string of the molecule is N#Cc1ccc(OC2CCC(NC(=O)c3cnc4ccccc4n3)CC2)nc1. The smallest absolute Gasteiger partial charge is 0.271 e. The first-order chi connectivity index (χ1) is 13.7. The zero-order chi connectivity index (χ0) is 19.3. The fourth-order valence-electron chi connectivity index (χ4n) is 3.34. The minimum Gasteiger partial charge on any atom is -0.474 e. The molecule has 7 heteroatoms. The first-order valence-electron chi connectivity index (χ1n) is 9.27. The van der Waals surface area contributed by atoms with Crippen molar-refractivity contribution in [3.05, 3.63) is 60.0 Å². The lowest BCUT2D eigenvalue weighted by Crippen LogP contribution is -2.40. The summed E-state index contributed by atoms with van der Waals surface area (Å²) in [6.45, 7) is 0. The zero-order valence-corrected chi connectivity index (χ0v) is 15.2. The fraction of sp³-hybridized carbons (Fsp3) is 0.286. The number of rotatable bonds is 4. The van der Waals surface area contributed by atoms with Crippen molar-refractivity contribution in [1.29, 1.82) is 5.26 Å². The molecule has 0 saturated heterocycles. The van der Waals surface area contributed by atoms with Crippen molar-refractivity contribution >= 4 is 16.9 Å². The third kappa shape index (κ3) is 4.07. The second-order valence-corrected chi connectivity index (χ2v) is 6.81. The molecule has 1 aliphatic carbocycles. The second-order valence-electron chi connectivity index (χ2n) is 6.81. The summed E-state index contributed by atoms with van der Waals surface area (Å²) < 4.78 is 5.89. The van der Waals surface area contributed by atoms with Crippen molar-refractivity contribution in [2.45, 2.75) is 37.8 Å². The number of benzene rings is 1. The Morgan fingerprint density at radius 2 is 1.82 bits per heavy atom. The molecule has 2 aromatic heterocycles. The molecule has 4 rings (SSSR count). The predicted molar refractivity (Wildman–Crippen MR) is 103 cm³/mol. The third-order valence-corrected chi connectivity index (χ3v) is 4.84. The number of carbonyl (C=O) groups is 1. The Bertz CT molecular complexity index is 1020. The van der Waals surface area contributed by atoms with Crippen LogP contribution in [-0.4, -0.2) is 33.0 Å². The Hall–Kier alpha value is -3.53. The normalized spacial score (nSPS) is 19.0. The number of nitriles is 1. The molecular weight excluding hydrogens is 354 g/mol. The summed E-state index contributed by atoms with van der Waals surface area (Å²) in [6.07, 6.45) is 6.40. The van der Waals surface area contributed by atoms with E-state index in [0.717, 1.165) is 31.2 Å². The van der Waals surface area contributed by atoms with E-state index in [2.05, 4.69) is 20.3 Å². The van der Waals surface area contributed by atoms with E-state index in [4.69, 9.17) is 10.00 Å². The molecule has 1 aliphatic rings. The number of fused-ring (bicyclic) bond motifs is 1. The highest BCUT2D eigenvalue weighted by Gasteiger charge is 2.24. The van der Waals surface area contributed by atoms with Crippen molar-refractivity contribution in [3.63, 3.8) is 0 Å². The summed E-state index contributed by atoms with van der Waals surface area (Å²) in [5.74, 6) is 0.328. The van der Waals surface area contributed by atoms with E-state index in [1.165, 1.54) is 12.4 Å². The van der Waals surface area contributed by atoms with Gasteiger partial charge in [-0.05, 0) is 43.9 Å². The molecule has 0 radical (unpaired) electrons. The van der Waals surface area contributed by atoms with Crippen molar-refractivity contribution in [2.75, 3.05) is 0 Å². The lowest BCUT2D eigenvalue weighted by molar-refractivity contribution is 0.0885. The van der Waals surface area contributed by atoms with E-state index < -0.39 is 0 Å². The van der Waals surface area contributed by atoms with Gasteiger partial charge in [0.1, 0.15) is 17.9 Å². The molecule has 3 aromatic rings. The summed E-state index contributed by atoms with van der Waals surface area (Å²) in [4.78, 5) is 25.3. The van der Waals surface area contributed by atoms with Crippen LogP contribution in [-0.2, 0) is 0 Å². The molecule has 1 saturated carbocycles. The highest BCUT2D eigenvalue weighted by Crippen LogP contribution is 2.23. The number of carbonyl (C=O) groups excluding carboxylic acids is 1. The number of amides is 1. The van der Waals surface area contributed by atoms with Gasteiger partial charge >= 0.3 is 0 Å². The standard InChI is InChI=1S/C21H19N5O2/c22-11-14-5-10-20(24-12-14)28-16-8-6-15(7-9-16)25-21(27)19-13-23-17-3-1-2-4-18(17)26-19/h1-5,10,12-13,15-16H,6-9H2,(H,25,27). The number of nitrogens with zero attached hydrogens (tertiary/aromatic N) is 4. The van der Waals surface area contributed by atoms with Crippen LogP contribution < -0.4 is 10.1 Å². The Kier molecular flexibility index (Phi) is 5.11. The second kappa shape index (κ2) is 8.01. The summed E-state index contributed by atoms with van der Waals surface area (Å²) in [6, 6.07) is 13.0. The van der Waals surface area contributed by atoms with Crippen molar-refractivity contribution in [2.24, 2.45) is 0 Å². The summed E-state index contributed by atoms with van der Waals surface area (Å²) in [5.41, 5.74) is 2.32. The minimum absolute atomic E-state index is 0.0639. The lowest BCUT2D eigenvalue weighted by atomic mass is 9.93. The number of hydrogen-bond donors (Lipinski definition) is 1. The maximum Gasteiger partial charge on any atom is 0.271 e. The number of ether oxygens (including phenoxy) is 1. The van der Waals surface area contributed by atoms with Gasteiger partial charge in [0.2, 0.25) is 5.88 Å². The quantitative estimate of drug-likeness (QED) is 0.754. The Balaban J connectivity index is 1.30.